The number of carbonyl (C=O) groups excluding carboxylic acids is 9. The number of aliphatic imine (C=N–C) groups is 1. The van der Waals surface area contributed by atoms with E-state index in [0.717, 1.165) is 79.4 Å². The molecule has 518 valence electrons. The fraction of sp³-hybridized carbons (Fsp3) is 0.148. The zero-order chi connectivity index (χ0) is 72.2. The second-order valence-electron chi connectivity index (χ2n) is 23.6. The quantitative estimate of drug-likeness (QED) is 0.0247. The predicted molar refractivity (Wildman–Crippen MR) is 389 cm³/mol. The standard InChI is InChI=1S/C29H25N3O5.C23H20N2O5.C22H20N2O3.C7H5NO/c1-31(21-10-6-3-7-11-21)29(35)36-15-14-32-18-25(24-17-27(33)30-28(24)34)23-16-22(12-13-26(23)32)37-19-20-8-4-2-5-9-20;1-15(26)29-10-9-25-13-20(19-12-22(27)24-23(19)28)18-11-17(7-8-21(18)25)30-14-16-5-3-2-4-6-16;1-2-10-24-13-19(18-12-21(25)23-22(18)26)17-11-16(8-9-20(17)24)27-14-15-6-4-3-5-7-15;9-6-8-7-4-2-1-3-5-7/h2-13,16-18H,14-15,19H2,1H3,(H,30,33,34);2-8,11-13H,9-10,14H2,1H3,(H,24,27,28);3-9,11-13H,2,10,14H2,1H3,(H,23,25,26);1-5H. The second-order valence-corrected chi connectivity index (χ2v) is 23.6. The molecule has 0 fully saturated rings. The minimum Gasteiger partial charge on any atom is -0.489 e. The molecule has 3 aliphatic rings. The number of hydrogen-bond donors (Lipinski definition) is 3. The third-order valence-electron chi connectivity index (χ3n) is 16.5. The van der Waals surface area contributed by atoms with Gasteiger partial charge in [0.1, 0.15) is 50.3 Å². The van der Waals surface area contributed by atoms with E-state index in [4.69, 9.17) is 23.7 Å². The van der Waals surface area contributed by atoms with Crippen molar-refractivity contribution in [2.75, 3.05) is 25.2 Å². The number of imide groups is 3. The zero-order valence-electron chi connectivity index (χ0n) is 56.4. The van der Waals surface area contributed by atoms with E-state index in [9.17, 15) is 43.2 Å². The number of fused-ring (bicyclic) bond motifs is 3. The van der Waals surface area contributed by atoms with E-state index >= 15 is 0 Å². The number of aromatic nitrogens is 3. The van der Waals surface area contributed by atoms with Crippen molar-refractivity contribution in [2.24, 2.45) is 4.99 Å². The summed E-state index contributed by atoms with van der Waals surface area (Å²) in [5.74, 6) is -0.840. The fourth-order valence-corrected chi connectivity index (χ4v) is 11.5. The maximum Gasteiger partial charge on any atom is 0.414 e. The Hall–Kier alpha value is -13.5. The molecule has 3 aromatic heterocycles. The summed E-state index contributed by atoms with van der Waals surface area (Å²) < 4.78 is 34.3. The van der Waals surface area contributed by atoms with Crippen LogP contribution in [-0.2, 0) is 87.3 Å². The number of esters is 1. The molecule has 0 spiro atoms. The van der Waals surface area contributed by atoms with Gasteiger partial charge in [-0.25, -0.2) is 9.59 Å². The second kappa shape index (κ2) is 33.9. The third kappa shape index (κ3) is 18.3. The molecule has 0 atom stereocenters. The van der Waals surface area contributed by atoms with Crippen LogP contribution in [0.25, 0.3) is 49.4 Å². The highest BCUT2D eigenvalue weighted by atomic mass is 16.6. The summed E-state index contributed by atoms with van der Waals surface area (Å²) in [6.45, 7) is 6.68. The van der Waals surface area contributed by atoms with E-state index in [1.54, 1.807) is 31.6 Å². The van der Waals surface area contributed by atoms with Gasteiger partial charge in [-0.3, -0.25) is 54.4 Å². The lowest BCUT2D eigenvalue weighted by molar-refractivity contribution is -0.141. The fourth-order valence-electron chi connectivity index (χ4n) is 11.5. The topological polar surface area (TPSA) is 266 Å². The zero-order valence-corrected chi connectivity index (χ0v) is 56.4. The van der Waals surface area contributed by atoms with Crippen LogP contribution in [0.4, 0.5) is 16.2 Å². The molecule has 0 radical (unpaired) electrons. The Morgan fingerprint density at radius 3 is 1.12 bits per heavy atom. The molecule has 7 amide bonds. The Labute approximate surface area is 591 Å². The maximum atomic E-state index is 12.5. The summed E-state index contributed by atoms with van der Waals surface area (Å²) in [6, 6.07) is 64.9. The number of isocyanates is 1. The minimum atomic E-state index is -0.469. The Bertz CT molecular complexity index is 5110. The number of anilines is 1. The van der Waals surface area contributed by atoms with Gasteiger partial charge in [0.2, 0.25) is 6.08 Å². The molecule has 0 unspecified atom stereocenters. The smallest absolute Gasteiger partial charge is 0.414 e. The lowest BCUT2D eigenvalue weighted by Crippen LogP contribution is -2.28. The molecule has 0 aliphatic carbocycles. The number of benzene rings is 8. The van der Waals surface area contributed by atoms with Crippen LogP contribution in [-0.4, -0.2) is 87.5 Å². The summed E-state index contributed by atoms with van der Waals surface area (Å²) in [5.41, 5.74) is 10.2. The summed E-state index contributed by atoms with van der Waals surface area (Å²) >= 11 is 0. The van der Waals surface area contributed by atoms with Gasteiger partial charge in [-0.2, -0.15) is 4.99 Å². The van der Waals surface area contributed by atoms with Gasteiger partial charge in [-0.05, 0) is 102 Å². The molecule has 0 saturated heterocycles. The average molecular weight is 1380 g/mol. The van der Waals surface area contributed by atoms with Crippen molar-refractivity contribution < 1.29 is 66.8 Å². The number of aryl methyl sites for hydroxylation is 1. The Morgan fingerprint density at radius 1 is 0.447 bits per heavy atom. The maximum absolute atomic E-state index is 12.5. The van der Waals surface area contributed by atoms with Crippen molar-refractivity contribution in [3.63, 3.8) is 0 Å². The molecule has 3 aliphatic heterocycles. The highest BCUT2D eigenvalue weighted by molar-refractivity contribution is 6.37. The van der Waals surface area contributed by atoms with Gasteiger partial charge in [0.05, 0.1) is 35.5 Å². The molecule has 11 aromatic rings. The first-order chi connectivity index (χ1) is 50.1. The number of amides is 7. The van der Waals surface area contributed by atoms with Crippen LogP contribution < -0.4 is 35.1 Å². The number of ether oxygens (including phenoxy) is 5. The van der Waals surface area contributed by atoms with Crippen molar-refractivity contribution in [3.8, 4) is 17.2 Å². The average Bonchev–Trinajstić information content (AvgIpc) is 1.63. The molecule has 103 heavy (non-hydrogen) atoms. The first-order valence-electron chi connectivity index (χ1n) is 32.9. The van der Waals surface area contributed by atoms with Gasteiger partial charge in [0, 0.05) is 112 Å². The van der Waals surface area contributed by atoms with Gasteiger partial charge in [-0.15, -0.1) is 0 Å². The van der Waals surface area contributed by atoms with Gasteiger partial charge in [-0.1, -0.05) is 134 Å². The summed E-state index contributed by atoms with van der Waals surface area (Å²) in [6.07, 6.45) is 11.5. The molecule has 0 saturated carbocycles. The van der Waals surface area contributed by atoms with Crippen LogP contribution in [0.2, 0.25) is 0 Å². The number of hydrogen-bond acceptors (Lipinski definition) is 15. The van der Waals surface area contributed by atoms with Crippen molar-refractivity contribution >= 4 is 114 Å². The molecule has 22 heteroatoms. The Kier molecular flexibility index (Phi) is 23.3. The van der Waals surface area contributed by atoms with Gasteiger partial charge >= 0.3 is 12.1 Å². The van der Waals surface area contributed by atoms with Crippen LogP contribution in [0.15, 0.2) is 248 Å². The van der Waals surface area contributed by atoms with Gasteiger partial charge in [0.15, 0.2) is 0 Å². The lowest BCUT2D eigenvalue weighted by atomic mass is 10.1. The molecule has 8 aromatic carbocycles. The predicted octanol–water partition coefficient (Wildman–Crippen LogP) is 12.7. The summed E-state index contributed by atoms with van der Waals surface area (Å²) in [4.78, 5) is 110. The SMILES string of the molecule is CC(=O)OCCn1cc(C2=CC(=O)NC2=O)c2cc(OCc3ccccc3)ccc21.CCCn1cc(C2=CC(=O)NC2=O)c2cc(OCc3ccccc3)ccc21.CN(C(=O)OCCn1cc(C2=CC(=O)NC2=O)c2cc(OCc3ccccc3)ccc21)c1ccccc1.O=C=Nc1ccccc1. The van der Waals surface area contributed by atoms with Crippen LogP contribution >= 0.6 is 0 Å². The van der Waals surface area contributed by atoms with Crippen LogP contribution in [0.1, 0.15) is 53.6 Å². The van der Waals surface area contributed by atoms with E-state index in [2.05, 4.69) is 32.4 Å². The van der Waals surface area contributed by atoms with Gasteiger partial charge < -0.3 is 37.4 Å². The molecule has 6 heterocycles. The monoisotopic (exact) mass is 1380 g/mol. The molecular weight excluding hydrogens is 1310 g/mol. The van der Waals surface area contributed by atoms with E-state index in [-0.39, 0.29) is 36.6 Å². The molecule has 3 N–H and O–H groups in total. The molecule has 14 rings (SSSR count). The third-order valence-corrected chi connectivity index (χ3v) is 16.5. The van der Waals surface area contributed by atoms with Crippen molar-refractivity contribution in [2.45, 2.75) is 59.7 Å². The molecule has 22 nitrogen and oxygen atoms in total. The first-order valence-corrected chi connectivity index (χ1v) is 32.9. The minimum absolute atomic E-state index is 0.121. The van der Waals surface area contributed by atoms with Crippen molar-refractivity contribution in [1.29, 1.82) is 0 Å². The number of nitrogens with zero attached hydrogens (tertiary/aromatic N) is 5. The van der Waals surface area contributed by atoms with Crippen molar-refractivity contribution in [1.82, 2.24) is 29.7 Å². The number of nitrogens with one attached hydrogen (secondary N) is 3. The van der Waals surface area contributed by atoms with Crippen LogP contribution in [0.3, 0.4) is 0 Å². The largest absolute Gasteiger partial charge is 0.489 e. The number of para-hydroxylation sites is 2. The van der Waals surface area contributed by atoms with Crippen LogP contribution in [0.5, 0.6) is 17.2 Å². The van der Waals surface area contributed by atoms with E-state index < -0.39 is 29.7 Å². The van der Waals surface area contributed by atoms with Crippen molar-refractivity contribution in [3.05, 3.63) is 276 Å². The molecule has 0 bridgehead atoms. The highest BCUT2D eigenvalue weighted by Gasteiger charge is 2.29. The Balaban J connectivity index is 0.000000147. The molecular formula is C81H70N8O14. The lowest BCUT2D eigenvalue weighted by Gasteiger charge is -2.17. The summed E-state index contributed by atoms with van der Waals surface area (Å²) in [7, 11) is 1.65. The van der Waals surface area contributed by atoms with E-state index in [0.29, 0.717) is 72.4 Å². The Morgan fingerprint density at radius 2 is 0.786 bits per heavy atom. The number of rotatable bonds is 22. The van der Waals surface area contributed by atoms with Gasteiger partial charge in [0.25, 0.3) is 35.4 Å². The van der Waals surface area contributed by atoms with Crippen LogP contribution in [0, 0.1) is 0 Å². The highest BCUT2D eigenvalue weighted by Crippen LogP contribution is 2.36. The van der Waals surface area contributed by atoms with E-state index in [1.807, 2.05) is 209 Å². The first kappa shape index (κ1) is 70.8. The number of carbonyl (C=O) groups is 8. The normalized spacial score (nSPS) is 12.8. The van der Waals surface area contributed by atoms with E-state index in [1.165, 1.54) is 36.1 Å². The summed E-state index contributed by atoms with van der Waals surface area (Å²) in [5, 5.41) is 9.34.